The largest absolute Gasteiger partial charge is 0.393 e. The third-order valence-corrected chi connectivity index (χ3v) is 3.82. The summed E-state index contributed by atoms with van der Waals surface area (Å²) in [4.78, 5) is 5.67. The van der Waals surface area contributed by atoms with Crippen molar-refractivity contribution in [3.05, 3.63) is 28.0 Å². The lowest BCUT2D eigenvalue weighted by molar-refractivity contribution is -0.187. The maximum Gasteiger partial charge on any atom is 0.393 e. The molecule has 7 heteroatoms. The van der Waals surface area contributed by atoms with Crippen LogP contribution in [0.1, 0.15) is 18.4 Å². The zero-order valence-corrected chi connectivity index (χ0v) is 11.6. The summed E-state index contributed by atoms with van der Waals surface area (Å²) in [6, 6.07) is 1.50. The number of halogens is 5. The SMILES string of the molecule is FC(F)(F)C1CCCN(Cc2cnc(Cl)cc2Cl)C1. The van der Waals surface area contributed by atoms with Crippen molar-refractivity contribution in [3.8, 4) is 0 Å². The molecule has 19 heavy (non-hydrogen) atoms. The molecule has 0 bridgehead atoms. The number of alkyl halides is 3. The van der Waals surface area contributed by atoms with Crippen molar-refractivity contribution in [2.75, 3.05) is 13.1 Å². The van der Waals surface area contributed by atoms with Crippen molar-refractivity contribution in [2.24, 2.45) is 5.92 Å². The third-order valence-electron chi connectivity index (χ3n) is 3.26. The molecule has 1 aliphatic heterocycles. The number of likely N-dealkylation sites (tertiary alicyclic amines) is 1. The first-order valence-corrected chi connectivity index (χ1v) is 6.71. The van der Waals surface area contributed by atoms with Crippen LogP contribution in [0.4, 0.5) is 13.2 Å². The van der Waals surface area contributed by atoms with Crippen molar-refractivity contribution in [3.63, 3.8) is 0 Å². The zero-order valence-electron chi connectivity index (χ0n) is 10.1. The molecule has 2 nitrogen and oxygen atoms in total. The monoisotopic (exact) mass is 312 g/mol. The summed E-state index contributed by atoms with van der Waals surface area (Å²) in [6.07, 6.45) is -1.86. The molecule has 0 amide bonds. The second kappa shape index (κ2) is 5.85. The number of pyridine rings is 1. The Bertz CT molecular complexity index is 451. The van der Waals surface area contributed by atoms with Gasteiger partial charge in [0.05, 0.1) is 5.92 Å². The zero-order chi connectivity index (χ0) is 14.0. The molecule has 1 aromatic rings. The average molecular weight is 313 g/mol. The molecule has 0 spiro atoms. The van der Waals surface area contributed by atoms with Crippen LogP contribution in [0.2, 0.25) is 10.2 Å². The molecule has 0 aliphatic carbocycles. The summed E-state index contributed by atoms with van der Waals surface area (Å²) >= 11 is 11.7. The van der Waals surface area contributed by atoms with Crippen LogP contribution in [0.3, 0.4) is 0 Å². The molecule has 0 radical (unpaired) electrons. The van der Waals surface area contributed by atoms with Gasteiger partial charge in [-0.2, -0.15) is 13.2 Å². The van der Waals surface area contributed by atoms with Crippen molar-refractivity contribution in [2.45, 2.75) is 25.6 Å². The van der Waals surface area contributed by atoms with Crippen molar-refractivity contribution >= 4 is 23.2 Å². The summed E-state index contributed by atoms with van der Waals surface area (Å²) in [5.74, 6) is -1.25. The summed E-state index contributed by atoms with van der Waals surface area (Å²) in [6.45, 7) is 1.03. The van der Waals surface area contributed by atoms with E-state index in [0.29, 0.717) is 30.1 Å². The Balaban J connectivity index is 2.03. The van der Waals surface area contributed by atoms with Gasteiger partial charge >= 0.3 is 6.18 Å². The lowest BCUT2D eigenvalue weighted by atomic mass is 9.97. The van der Waals surface area contributed by atoms with E-state index in [2.05, 4.69) is 4.98 Å². The van der Waals surface area contributed by atoms with Gasteiger partial charge in [-0.1, -0.05) is 23.2 Å². The third kappa shape index (κ3) is 3.97. The predicted octanol–water partition coefficient (Wildman–Crippen LogP) is 4.16. The first-order valence-electron chi connectivity index (χ1n) is 5.95. The Hall–Kier alpha value is -0.520. The Kier molecular flexibility index (Phi) is 4.58. The van der Waals surface area contributed by atoms with Crippen LogP contribution >= 0.6 is 23.2 Å². The van der Waals surface area contributed by atoms with E-state index < -0.39 is 12.1 Å². The first kappa shape index (κ1) is 14.9. The highest BCUT2D eigenvalue weighted by atomic mass is 35.5. The van der Waals surface area contributed by atoms with E-state index in [1.54, 1.807) is 4.90 Å². The van der Waals surface area contributed by atoms with Crippen LogP contribution in [0.15, 0.2) is 12.3 Å². The van der Waals surface area contributed by atoms with E-state index in [9.17, 15) is 13.2 Å². The van der Waals surface area contributed by atoms with Gasteiger partial charge in [-0.25, -0.2) is 4.98 Å². The average Bonchev–Trinajstić information content (AvgIpc) is 2.32. The fraction of sp³-hybridized carbons (Fsp3) is 0.583. The molecule has 106 valence electrons. The van der Waals surface area contributed by atoms with E-state index in [1.807, 2.05) is 0 Å². The quantitative estimate of drug-likeness (QED) is 0.762. The smallest absolute Gasteiger partial charge is 0.298 e. The van der Waals surface area contributed by atoms with E-state index in [-0.39, 0.29) is 18.1 Å². The molecule has 0 aromatic carbocycles. The van der Waals surface area contributed by atoms with Gasteiger partial charge < -0.3 is 0 Å². The molecular weight excluding hydrogens is 300 g/mol. The highest BCUT2D eigenvalue weighted by Crippen LogP contribution is 2.34. The highest BCUT2D eigenvalue weighted by molar-refractivity contribution is 6.34. The van der Waals surface area contributed by atoms with Gasteiger partial charge in [0.1, 0.15) is 5.15 Å². The minimum Gasteiger partial charge on any atom is -0.298 e. The van der Waals surface area contributed by atoms with Crippen LogP contribution < -0.4 is 0 Å². The number of piperidine rings is 1. The molecular formula is C12H13Cl2F3N2. The summed E-state index contributed by atoms with van der Waals surface area (Å²) in [5.41, 5.74) is 0.703. The summed E-state index contributed by atoms with van der Waals surface area (Å²) < 4.78 is 38.1. The molecule has 1 atom stereocenters. The van der Waals surface area contributed by atoms with Gasteiger partial charge in [-0.3, -0.25) is 4.90 Å². The van der Waals surface area contributed by atoms with Crippen LogP contribution in [-0.2, 0) is 6.54 Å². The van der Waals surface area contributed by atoms with Gasteiger partial charge in [-0.15, -0.1) is 0 Å². The van der Waals surface area contributed by atoms with E-state index >= 15 is 0 Å². The lowest BCUT2D eigenvalue weighted by Crippen LogP contribution is -2.41. The molecule has 1 aromatic heterocycles. The molecule has 1 aliphatic rings. The van der Waals surface area contributed by atoms with Crippen LogP contribution in [0.5, 0.6) is 0 Å². The minimum atomic E-state index is -4.12. The molecule has 1 fully saturated rings. The van der Waals surface area contributed by atoms with Crippen molar-refractivity contribution in [1.29, 1.82) is 0 Å². The highest BCUT2D eigenvalue weighted by Gasteiger charge is 2.41. The molecule has 0 N–H and O–H groups in total. The minimum absolute atomic E-state index is 0.0163. The molecule has 2 rings (SSSR count). The number of rotatable bonds is 2. The molecule has 2 heterocycles. The molecule has 0 saturated carbocycles. The maximum atomic E-state index is 12.7. The van der Waals surface area contributed by atoms with Crippen LogP contribution in [0.25, 0.3) is 0 Å². The van der Waals surface area contributed by atoms with Crippen LogP contribution in [-0.4, -0.2) is 29.1 Å². The van der Waals surface area contributed by atoms with Crippen molar-refractivity contribution in [1.82, 2.24) is 9.88 Å². The van der Waals surface area contributed by atoms with E-state index in [0.717, 1.165) is 0 Å². The summed E-state index contributed by atoms with van der Waals surface area (Å²) in [5, 5.41) is 0.717. The number of hydrogen-bond donors (Lipinski definition) is 0. The molecule has 1 saturated heterocycles. The Morgan fingerprint density at radius 1 is 1.37 bits per heavy atom. The lowest BCUT2D eigenvalue weighted by Gasteiger charge is -2.33. The van der Waals surface area contributed by atoms with Crippen molar-refractivity contribution < 1.29 is 13.2 Å². The number of hydrogen-bond acceptors (Lipinski definition) is 2. The molecule has 1 unspecified atom stereocenters. The summed E-state index contributed by atoms with van der Waals surface area (Å²) in [7, 11) is 0. The Morgan fingerprint density at radius 3 is 2.74 bits per heavy atom. The number of nitrogens with zero attached hydrogens (tertiary/aromatic N) is 2. The van der Waals surface area contributed by atoms with Gasteiger partial charge in [-0.05, 0) is 25.5 Å². The van der Waals surface area contributed by atoms with Crippen LogP contribution in [0, 0.1) is 5.92 Å². The van der Waals surface area contributed by atoms with Gasteiger partial charge in [0, 0.05) is 29.9 Å². The van der Waals surface area contributed by atoms with E-state index in [1.165, 1.54) is 12.3 Å². The maximum absolute atomic E-state index is 12.7. The standard InChI is InChI=1S/C12H13Cl2F3N2/c13-10-4-11(14)18-5-8(10)6-19-3-1-2-9(7-19)12(15,16)17/h4-5,9H,1-3,6-7H2. The fourth-order valence-corrected chi connectivity index (χ4v) is 2.69. The number of aromatic nitrogens is 1. The second-order valence-electron chi connectivity index (χ2n) is 4.71. The Labute approximate surface area is 119 Å². The van der Waals surface area contributed by atoms with Gasteiger partial charge in [0.2, 0.25) is 0 Å². The second-order valence-corrected chi connectivity index (χ2v) is 5.51. The first-order chi connectivity index (χ1) is 8.86. The van der Waals surface area contributed by atoms with E-state index in [4.69, 9.17) is 23.2 Å². The normalized spacial score (nSPS) is 21.6. The van der Waals surface area contributed by atoms with Gasteiger partial charge in [0.15, 0.2) is 0 Å². The fourth-order valence-electron chi connectivity index (χ4n) is 2.26. The van der Waals surface area contributed by atoms with Gasteiger partial charge in [0.25, 0.3) is 0 Å². The Morgan fingerprint density at radius 2 is 2.11 bits per heavy atom. The predicted molar refractivity (Wildman–Crippen MR) is 68.3 cm³/mol. The topological polar surface area (TPSA) is 16.1 Å².